The number of carbonyl (C=O) groups is 1. The highest BCUT2D eigenvalue weighted by Crippen LogP contribution is 2.35. The Morgan fingerprint density at radius 2 is 1.78 bits per heavy atom. The predicted molar refractivity (Wildman–Crippen MR) is 119 cm³/mol. The fraction of sp³-hybridized carbons (Fsp3) is 0.708. The number of benzene rings is 1. The van der Waals surface area contributed by atoms with Gasteiger partial charge in [-0.25, -0.2) is 0 Å². The van der Waals surface area contributed by atoms with Crippen molar-refractivity contribution in [3.63, 3.8) is 0 Å². The molecule has 2 fully saturated rings. The van der Waals surface area contributed by atoms with E-state index in [1.165, 1.54) is 12.1 Å². The summed E-state index contributed by atoms with van der Waals surface area (Å²) in [5.74, 6) is 0.489. The van der Waals surface area contributed by atoms with Gasteiger partial charge in [0, 0.05) is 31.9 Å². The number of hydrogen-bond acceptors (Lipinski definition) is 4. The third kappa shape index (κ3) is 6.85. The monoisotopic (exact) mass is 455 g/mol. The maximum Gasteiger partial charge on any atom is 0.416 e. The van der Waals surface area contributed by atoms with Gasteiger partial charge in [0.1, 0.15) is 6.10 Å². The fourth-order valence-corrected chi connectivity index (χ4v) is 4.96. The van der Waals surface area contributed by atoms with Crippen LogP contribution in [0, 0.1) is 11.8 Å². The van der Waals surface area contributed by atoms with Gasteiger partial charge in [0.2, 0.25) is 5.91 Å². The first-order valence-electron chi connectivity index (χ1n) is 11.7. The van der Waals surface area contributed by atoms with Gasteiger partial charge in [-0.3, -0.25) is 9.69 Å². The smallest absolute Gasteiger partial charge is 0.369 e. The largest absolute Gasteiger partial charge is 0.416 e. The molecule has 0 radical (unpaired) electrons. The number of nitrogens with zero attached hydrogens (tertiary/aromatic N) is 2. The van der Waals surface area contributed by atoms with E-state index in [9.17, 15) is 18.0 Å². The summed E-state index contributed by atoms with van der Waals surface area (Å²) in [6.07, 6.45) is 0.403. The van der Waals surface area contributed by atoms with Crippen molar-refractivity contribution in [2.45, 2.75) is 64.3 Å². The number of rotatable bonds is 8. The lowest BCUT2D eigenvalue weighted by Gasteiger charge is -2.38. The first-order chi connectivity index (χ1) is 15.1. The van der Waals surface area contributed by atoms with E-state index in [2.05, 4.69) is 4.90 Å². The van der Waals surface area contributed by atoms with Crippen LogP contribution in [0.1, 0.15) is 51.5 Å². The lowest BCUT2D eigenvalue weighted by molar-refractivity contribution is -0.138. The number of halogens is 3. The summed E-state index contributed by atoms with van der Waals surface area (Å²) < 4.78 is 44.7. The van der Waals surface area contributed by atoms with Gasteiger partial charge < -0.3 is 15.4 Å². The molecule has 3 rings (SSSR count). The Kier molecular flexibility index (Phi) is 8.44. The standard InChI is InChI=1S/C24H36F3N3O2/c1-17(2)32-22(23(28)31)19-8-6-18(7-9-19)10-11-29-12-14-30(15-13-29)21-5-3-4-20(16-21)24(25,26)27/h3-5,16-19,22H,6-15H2,1-2H3,(H2,28,31). The van der Waals surface area contributed by atoms with Crippen molar-refractivity contribution in [1.29, 1.82) is 0 Å². The number of piperazine rings is 1. The Balaban J connectivity index is 1.40. The van der Waals surface area contributed by atoms with Crippen LogP contribution in [0.4, 0.5) is 18.9 Å². The Hall–Kier alpha value is -1.80. The zero-order valence-electron chi connectivity index (χ0n) is 19.1. The highest BCUT2D eigenvalue weighted by molar-refractivity contribution is 5.79. The number of carbonyl (C=O) groups excluding carboxylic acids is 1. The average molecular weight is 456 g/mol. The lowest BCUT2D eigenvalue weighted by atomic mass is 9.78. The van der Waals surface area contributed by atoms with Crippen molar-refractivity contribution < 1.29 is 22.7 Å². The highest BCUT2D eigenvalue weighted by atomic mass is 19.4. The Morgan fingerprint density at radius 3 is 2.34 bits per heavy atom. The van der Waals surface area contributed by atoms with E-state index in [-0.39, 0.29) is 17.9 Å². The second-order valence-corrected chi connectivity index (χ2v) is 9.45. The first-order valence-corrected chi connectivity index (χ1v) is 11.7. The van der Waals surface area contributed by atoms with Crippen molar-refractivity contribution in [3.05, 3.63) is 29.8 Å². The van der Waals surface area contributed by atoms with Crippen LogP contribution in [-0.4, -0.2) is 55.7 Å². The van der Waals surface area contributed by atoms with Gasteiger partial charge >= 0.3 is 6.18 Å². The predicted octanol–water partition coefficient (Wildman–Crippen LogP) is 4.30. The summed E-state index contributed by atoms with van der Waals surface area (Å²) in [6, 6.07) is 5.60. The molecule has 1 saturated carbocycles. The Bertz CT molecular complexity index is 740. The third-order valence-electron chi connectivity index (χ3n) is 6.78. The van der Waals surface area contributed by atoms with E-state index in [4.69, 9.17) is 10.5 Å². The quantitative estimate of drug-likeness (QED) is 0.635. The minimum atomic E-state index is -4.31. The summed E-state index contributed by atoms with van der Waals surface area (Å²) in [4.78, 5) is 16.2. The first kappa shape index (κ1) is 24.8. The third-order valence-corrected chi connectivity index (χ3v) is 6.78. The number of ether oxygens (including phenoxy) is 1. The SMILES string of the molecule is CC(C)OC(C(N)=O)C1CCC(CCN2CCN(c3cccc(C(F)(F)F)c3)CC2)CC1. The van der Waals surface area contributed by atoms with Gasteiger partial charge in [-0.1, -0.05) is 18.9 Å². The molecule has 32 heavy (non-hydrogen) atoms. The summed E-state index contributed by atoms with van der Waals surface area (Å²) >= 11 is 0. The van der Waals surface area contributed by atoms with Crippen molar-refractivity contribution in [2.75, 3.05) is 37.6 Å². The molecular formula is C24H36F3N3O2. The van der Waals surface area contributed by atoms with Crippen LogP contribution in [0.2, 0.25) is 0 Å². The average Bonchev–Trinajstić information content (AvgIpc) is 2.76. The number of alkyl halides is 3. The molecule has 1 aromatic rings. The molecular weight excluding hydrogens is 419 g/mol. The van der Waals surface area contributed by atoms with Crippen LogP contribution in [0.5, 0.6) is 0 Å². The fourth-order valence-electron chi connectivity index (χ4n) is 4.96. The van der Waals surface area contributed by atoms with Gasteiger partial charge in [-0.05, 0) is 69.7 Å². The van der Waals surface area contributed by atoms with Gasteiger partial charge in [-0.2, -0.15) is 13.2 Å². The number of anilines is 1. The molecule has 0 spiro atoms. The molecule has 8 heteroatoms. The van der Waals surface area contributed by atoms with Crippen LogP contribution in [-0.2, 0) is 15.7 Å². The molecule has 5 nitrogen and oxygen atoms in total. The number of hydrogen-bond donors (Lipinski definition) is 1. The number of primary amides is 1. The van der Waals surface area contributed by atoms with Gasteiger partial charge in [0.15, 0.2) is 0 Å². The summed E-state index contributed by atoms with van der Waals surface area (Å²) in [5.41, 5.74) is 5.61. The molecule has 2 aliphatic rings. The molecule has 0 bridgehead atoms. The zero-order chi connectivity index (χ0) is 23.3. The molecule has 1 aliphatic carbocycles. The Labute approximate surface area is 189 Å². The molecule has 1 saturated heterocycles. The van der Waals surface area contributed by atoms with Crippen LogP contribution < -0.4 is 10.6 Å². The molecule has 0 aromatic heterocycles. The van der Waals surface area contributed by atoms with Crippen molar-refractivity contribution in [3.8, 4) is 0 Å². The van der Waals surface area contributed by atoms with E-state index in [0.29, 0.717) is 11.6 Å². The molecule has 1 aromatic carbocycles. The number of amides is 1. The second-order valence-electron chi connectivity index (χ2n) is 9.45. The normalized spacial score (nSPS) is 24.0. The lowest BCUT2D eigenvalue weighted by Crippen LogP contribution is -2.47. The maximum absolute atomic E-state index is 13.0. The molecule has 1 amide bonds. The maximum atomic E-state index is 13.0. The zero-order valence-corrected chi connectivity index (χ0v) is 19.1. The molecule has 1 aliphatic heterocycles. The van der Waals surface area contributed by atoms with Gasteiger partial charge in [0.25, 0.3) is 0 Å². The van der Waals surface area contributed by atoms with Gasteiger partial charge in [-0.15, -0.1) is 0 Å². The summed E-state index contributed by atoms with van der Waals surface area (Å²) in [5, 5.41) is 0. The van der Waals surface area contributed by atoms with Gasteiger partial charge in [0.05, 0.1) is 11.7 Å². The molecule has 2 N–H and O–H groups in total. The number of nitrogens with two attached hydrogens (primary N) is 1. The van der Waals surface area contributed by atoms with Crippen LogP contribution >= 0.6 is 0 Å². The molecule has 1 heterocycles. The van der Waals surface area contributed by atoms with E-state index in [1.807, 2.05) is 18.7 Å². The van der Waals surface area contributed by atoms with Crippen molar-refractivity contribution in [2.24, 2.45) is 17.6 Å². The highest BCUT2D eigenvalue weighted by Gasteiger charge is 2.33. The minimum absolute atomic E-state index is 0.0140. The summed E-state index contributed by atoms with van der Waals surface area (Å²) in [7, 11) is 0. The van der Waals surface area contributed by atoms with E-state index >= 15 is 0 Å². The van der Waals surface area contributed by atoms with Crippen molar-refractivity contribution >= 4 is 11.6 Å². The molecule has 1 unspecified atom stereocenters. The Morgan fingerprint density at radius 1 is 1.12 bits per heavy atom. The summed E-state index contributed by atoms with van der Waals surface area (Å²) in [6.45, 7) is 8.05. The van der Waals surface area contributed by atoms with Crippen LogP contribution in [0.3, 0.4) is 0 Å². The van der Waals surface area contributed by atoms with Crippen LogP contribution in [0.25, 0.3) is 0 Å². The second kappa shape index (κ2) is 10.9. The van der Waals surface area contributed by atoms with E-state index < -0.39 is 17.8 Å². The molecule has 180 valence electrons. The molecule has 1 atom stereocenters. The topological polar surface area (TPSA) is 58.8 Å². The van der Waals surface area contributed by atoms with E-state index in [0.717, 1.165) is 70.9 Å². The van der Waals surface area contributed by atoms with E-state index in [1.54, 1.807) is 6.07 Å². The van der Waals surface area contributed by atoms with Crippen molar-refractivity contribution in [1.82, 2.24) is 4.90 Å². The minimum Gasteiger partial charge on any atom is -0.369 e. The van der Waals surface area contributed by atoms with Crippen LogP contribution in [0.15, 0.2) is 24.3 Å².